The first-order valence-electron chi connectivity index (χ1n) is 9.44. The molecule has 1 aliphatic heterocycles. The number of hydrogen-bond donors (Lipinski definition) is 1. The molecular formula is C21H19Cl2N5O2. The Bertz CT molecular complexity index is 1110. The zero-order chi connectivity index (χ0) is 21.1. The number of fused-ring (bicyclic) bond motifs is 1. The predicted octanol–water partition coefficient (Wildman–Crippen LogP) is 3.55. The number of carbonyl (C=O) groups excluding carboxylic acids is 2. The van der Waals surface area contributed by atoms with Gasteiger partial charge in [0.1, 0.15) is 12.4 Å². The Kier molecular flexibility index (Phi) is 6.01. The molecule has 2 aromatic carbocycles. The van der Waals surface area contributed by atoms with Gasteiger partial charge in [-0.15, -0.1) is 11.6 Å². The highest BCUT2D eigenvalue weighted by Gasteiger charge is 2.35. The molecule has 1 aliphatic rings. The number of rotatable bonds is 6. The van der Waals surface area contributed by atoms with Crippen LogP contribution in [0.15, 0.2) is 53.6 Å². The molecule has 0 aliphatic carbocycles. The number of para-hydroxylation sites is 2. The van der Waals surface area contributed by atoms with Crippen molar-refractivity contribution in [1.82, 2.24) is 15.0 Å². The monoisotopic (exact) mass is 443 g/mol. The van der Waals surface area contributed by atoms with Crippen molar-refractivity contribution in [2.75, 3.05) is 17.3 Å². The highest BCUT2D eigenvalue weighted by atomic mass is 35.5. The number of nitrogens with zero attached hydrogens (tertiary/aromatic N) is 4. The summed E-state index contributed by atoms with van der Waals surface area (Å²) < 4.78 is 1.85. The smallest absolute Gasteiger partial charge is 0.260 e. The Balaban J connectivity index is 1.63. The van der Waals surface area contributed by atoms with E-state index in [2.05, 4.69) is 10.5 Å². The third-order valence-electron chi connectivity index (χ3n) is 4.96. The molecule has 7 nitrogen and oxygen atoms in total. The fraction of sp³-hybridized carbons (Fsp3) is 0.238. The predicted molar refractivity (Wildman–Crippen MR) is 118 cm³/mol. The normalized spacial score (nSPS) is 16.7. The number of hydrazone groups is 1. The molecule has 30 heavy (non-hydrogen) atoms. The topological polar surface area (TPSA) is 79.6 Å². The second-order valence-electron chi connectivity index (χ2n) is 6.93. The van der Waals surface area contributed by atoms with Gasteiger partial charge < -0.3 is 9.47 Å². The lowest BCUT2D eigenvalue weighted by atomic mass is 10.1. The number of anilines is 1. The van der Waals surface area contributed by atoms with Gasteiger partial charge in [0.2, 0.25) is 5.91 Å². The van der Waals surface area contributed by atoms with Crippen LogP contribution in [-0.4, -0.2) is 40.0 Å². The second-order valence-corrected chi connectivity index (χ2v) is 7.67. The molecular weight excluding hydrogens is 425 g/mol. The molecule has 0 radical (unpaired) electrons. The molecule has 1 atom stereocenters. The lowest BCUT2D eigenvalue weighted by molar-refractivity contribution is -0.121. The standard InChI is InChI=1S/C21H19Cl2N5O2/c22-9-10-24-26-19(29)13-28-18-4-2-1-3-17(18)25-21(28)14-11-20(30)27(12-14)16-7-5-15(23)6-8-16/h1-8,10,14H,9,11-13H2,(H,26,29). The molecule has 154 valence electrons. The third kappa shape index (κ3) is 4.17. The lowest BCUT2D eigenvalue weighted by Crippen LogP contribution is -2.26. The summed E-state index contributed by atoms with van der Waals surface area (Å²) in [4.78, 5) is 31.6. The maximum Gasteiger partial charge on any atom is 0.260 e. The van der Waals surface area contributed by atoms with Gasteiger partial charge in [0, 0.05) is 35.8 Å². The number of alkyl halides is 1. The average Bonchev–Trinajstić information content (AvgIpc) is 3.30. The van der Waals surface area contributed by atoms with Crippen molar-refractivity contribution in [3.63, 3.8) is 0 Å². The summed E-state index contributed by atoms with van der Waals surface area (Å²) in [5.41, 5.74) is 4.87. The number of nitrogens with one attached hydrogen (secondary N) is 1. The first-order valence-corrected chi connectivity index (χ1v) is 10.4. The second kappa shape index (κ2) is 8.85. The van der Waals surface area contributed by atoms with Crippen molar-refractivity contribution in [3.05, 3.63) is 59.4 Å². The summed E-state index contributed by atoms with van der Waals surface area (Å²) in [5.74, 6) is 0.499. The number of hydrogen-bond acceptors (Lipinski definition) is 4. The Hall–Kier alpha value is -2.90. The molecule has 1 saturated heterocycles. The quantitative estimate of drug-likeness (QED) is 0.359. The van der Waals surface area contributed by atoms with E-state index in [1.807, 2.05) is 41.0 Å². The van der Waals surface area contributed by atoms with Crippen molar-refractivity contribution >= 4 is 58.0 Å². The molecule has 0 saturated carbocycles. The number of halogens is 2. The molecule has 1 aromatic heterocycles. The fourth-order valence-electron chi connectivity index (χ4n) is 3.65. The van der Waals surface area contributed by atoms with E-state index in [0.29, 0.717) is 23.8 Å². The Labute approximate surface area is 183 Å². The highest BCUT2D eigenvalue weighted by Crippen LogP contribution is 2.33. The van der Waals surface area contributed by atoms with Gasteiger partial charge in [-0.2, -0.15) is 5.10 Å². The number of amides is 2. The van der Waals surface area contributed by atoms with Crippen LogP contribution in [0.5, 0.6) is 0 Å². The molecule has 1 N–H and O–H groups in total. The number of benzene rings is 2. The maximum atomic E-state index is 12.7. The number of carbonyl (C=O) groups is 2. The van der Waals surface area contributed by atoms with E-state index in [0.717, 1.165) is 16.7 Å². The Morgan fingerprint density at radius 1 is 1.23 bits per heavy atom. The summed E-state index contributed by atoms with van der Waals surface area (Å²) >= 11 is 11.5. The summed E-state index contributed by atoms with van der Waals surface area (Å²) in [6.07, 6.45) is 1.73. The summed E-state index contributed by atoms with van der Waals surface area (Å²) in [7, 11) is 0. The summed E-state index contributed by atoms with van der Waals surface area (Å²) in [5, 5.41) is 4.40. The Morgan fingerprint density at radius 2 is 2.00 bits per heavy atom. The molecule has 1 fully saturated rings. The average molecular weight is 444 g/mol. The van der Waals surface area contributed by atoms with Crippen molar-refractivity contribution in [2.24, 2.45) is 5.10 Å². The molecule has 3 aromatic rings. The van der Waals surface area contributed by atoms with Crippen LogP contribution in [0.2, 0.25) is 5.02 Å². The molecule has 2 heterocycles. The van der Waals surface area contributed by atoms with Crippen LogP contribution in [0.3, 0.4) is 0 Å². The molecule has 9 heteroatoms. The van der Waals surface area contributed by atoms with Crippen LogP contribution in [0.4, 0.5) is 5.69 Å². The van der Waals surface area contributed by atoms with Gasteiger partial charge in [0.05, 0.1) is 16.9 Å². The van der Waals surface area contributed by atoms with E-state index < -0.39 is 0 Å². The largest absolute Gasteiger partial charge is 0.318 e. The van der Waals surface area contributed by atoms with Gasteiger partial charge in [-0.25, -0.2) is 10.4 Å². The van der Waals surface area contributed by atoms with Gasteiger partial charge in [-0.3, -0.25) is 9.59 Å². The summed E-state index contributed by atoms with van der Waals surface area (Å²) in [6, 6.07) is 14.8. The minimum atomic E-state index is -0.292. The molecule has 0 spiro atoms. The first kappa shape index (κ1) is 20.4. The number of aromatic nitrogens is 2. The SMILES string of the molecule is O=C(Cn1c(C2CC(=O)N(c3ccc(Cl)cc3)C2)nc2ccccc21)NN=CCCl. The van der Waals surface area contributed by atoms with Gasteiger partial charge in [-0.1, -0.05) is 23.7 Å². The van der Waals surface area contributed by atoms with Crippen molar-refractivity contribution in [1.29, 1.82) is 0 Å². The lowest BCUT2D eigenvalue weighted by Gasteiger charge is -2.17. The van der Waals surface area contributed by atoms with E-state index in [-0.39, 0.29) is 30.2 Å². The van der Waals surface area contributed by atoms with E-state index in [1.165, 1.54) is 6.21 Å². The van der Waals surface area contributed by atoms with Crippen molar-refractivity contribution in [3.8, 4) is 0 Å². The van der Waals surface area contributed by atoms with Gasteiger partial charge in [0.25, 0.3) is 5.91 Å². The Morgan fingerprint density at radius 3 is 2.77 bits per heavy atom. The van der Waals surface area contributed by atoms with Crippen LogP contribution in [0.25, 0.3) is 11.0 Å². The van der Waals surface area contributed by atoms with E-state index in [4.69, 9.17) is 28.2 Å². The van der Waals surface area contributed by atoms with Gasteiger partial charge in [0.15, 0.2) is 0 Å². The van der Waals surface area contributed by atoms with Crippen LogP contribution in [-0.2, 0) is 16.1 Å². The van der Waals surface area contributed by atoms with Crippen LogP contribution in [0, 0.1) is 0 Å². The van der Waals surface area contributed by atoms with Crippen LogP contribution < -0.4 is 10.3 Å². The van der Waals surface area contributed by atoms with E-state index in [1.54, 1.807) is 17.0 Å². The van der Waals surface area contributed by atoms with Gasteiger partial charge >= 0.3 is 0 Å². The van der Waals surface area contributed by atoms with Crippen LogP contribution >= 0.6 is 23.2 Å². The molecule has 0 bridgehead atoms. The molecule has 1 unspecified atom stereocenters. The maximum absolute atomic E-state index is 12.7. The number of imidazole rings is 1. The van der Waals surface area contributed by atoms with E-state index >= 15 is 0 Å². The van der Waals surface area contributed by atoms with Crippen molar-refractivity contribution < 1.29 is 9.59 Å². The minimum absolute atomic E-state index is 0.0112. The third-order valence-corrected chi connectivity index (χ3v) is 5.35. The fourth-order valence-corrected chi connectivity index (χ4v) is 3.85. The zero-order valence-electron chi connectivity index (χ0n) is 16.0. The first-order chi connectivity index (χ1) is 14.6. The minimum Gasteiger partial charge on any atom is -0.318 e. The molecule has 4 rings (SSSR count). The highest BCUT2D eigenvalue weighted by molar-refractivity contribution is 6.30. The molecule has 2 amide bonds. The summed E-state index contributed by atoms with van der Waals surface area (Å²) in [6.45, 7) is 0.525. The van der Waals surface area contributed by atoms with Crippen molar-refractivity contribution in [2.45, 2.75) is 18.9 Å². The van der Waals surface area contributed by atoms with Crippen LogP contribution in [0.1, 0.15) is 18.2 Å². The van der Waals surface area contributed by atoms with Gasteiger partial charge in [-0.05, 0) is 36.4 Å². The van der Waals surface area contributed by atoms with E-state index in [9.17, 15) is 9.59 Å². The zero-order valence-corrected chi connectivity index (χ0v) is 17.5.